The van der Waals surface area contributed by atoms with Crippen molar-refractivity contribution in [3.05, 3.63) is 69.2 Å². The molecular formula is C17H16BrNO2. The molecule has 108 valence electrons. The second-order valence-electron chi connectivity index (χ2n) is 5.44. The summed E-state index contributed by atoms with van der Waals surface area (Å²) < 4.78 is 0.875. The van der Waals surface area contributed by atoms with Crippen molar-refractivity contribution in [2.45, 2.75) is 25.5 Å². The molecule has 1 amide bonds. The van der Waals surface area contributed by atoms with Crippen molar-refractivity contribution in [3.63, 3.8) is 0 Å². The lowest BCUT2D eigenvalue weighted by Crippen LogP contribution is -2.33. The lowest BCUT2D eigenvalue weighted by atomic mass is 10.1. The predicted octanol–water partition coefficient (Wildman–Crippen LogP) is 3.15. The normalized spacial score (nSPS) is 20.1. The van der Waals surface area contributed by atoms with Gasteiger partial charge >= 0.3 is 0 Å². The number of aryl methyl sites for hydroxylation is 1. The summed E-state index contributed by atoms with van der Waals surface area (Å²) in [5.41, 5.74) is 3.71. The van der Waals surface area contributed by atoms with E-state index < -0.39 is 6.10 Å². The summed E-state index contributed by atoms with van der Waals surface area (Å²) >= 11 is 3.40. The minimum absolute atomic E-state index is 0.167. The minimum atomic E-state index is -0.570. The Balaban J connectivity index is 1.85. The Hall–Kier alpha value is -1.65. The third-order valence-corrected chi connectivity index (χ3v) is 4.25. The number of carbonyl (C=O) groups is 1. The predicted molar refractivity (Wildman–Crippen MR) is 85.2 cm³/mol. The molecule has 0 bridgehead atoms. The number of aliphatic hydroxyl groups is 1. The van der Waals surface area contributed by atoms with E-state index in [9.17, 15) is 9.90 Å². The van der Waals surface area contributed by atoms with Gasteiger partial charge in [0, 0.05) is 16.5 Å². The number of amides is 1. The van der Waals surface area contributed by atoms with E-state index in [4.69, 9.17) is 0 Å². The fraction of sp³-hybridized carbons (Fsp3) is 0.235. The Morgan fingerprint density at radius 2 is 2.05 bits per heavy atom. The zero-order valence-corrected chi connectivity index (χ0v) is 13.2. The van der Waals surface area contributed by atoms with Gasteiger partial charge in [-0.2, -0.15) is 0 Å². The highest BCUT2D eigenvalue weighted by Gasteiger charge is 2.32. The Morgan fingerprint density at radius 1 is 1.29 bits per heavy atom. The highest BCUT2D eigenvalue weighted by Crippen LogP contribution is 2.31. The van der Waals surface area contributed by atoms with E-state index in [-0.39, 0.29) is 11.9 Å². The van der Waals surface area contributed by atoms with E-state index in [2.05, 4.69) is 21.2 Å². The van der Waals surface area contributed by atoms with E-state index in [1.54, 1.807) is 6.07 Å². The number of hydrogen-bond acceptors (Lipinski definition) is 2. The monoisotopic (exact) mass is 345 g/mol. The standard InChI is InChI=1S/C17H16BrNO2/c1-10-6-12(8-13(18)7-10)17(21)19-16-14-5-3-2-4-11(14)9-15(16)20/h2-8,15-16,20H,9H2,1H3,(H,19,21). The summed E-state index contributed by atoms with van der Waals surface area (Å²) in [6.07, 6.45) is 0.0122. The second-order valence-corrected chi connectivity index (χ2v) is 6.35. The first-order valence-corrected chi connectivity index (χ1v) is 7.68. The zero-order chi connectivity index (χ0) is 15.0. The summed E-state index contributed by atoms with van der Waals surface area (Å²) in [6.45, 7) is 1.95. The zero-order valence-electron chi connectivity index (χ0n) is 11.6. The van der Waals surface area contributed by atoms with Crippen LogP contribution in [-0.4, -0.2) is 17.1 Å². The average Bonchev–Trinajstić information content (AvgIpc) is 2.74. The number of benzene rings is 2. The van der Waals surface area contributed by atoms with E-state index >= 15 is 0 Å². The molecular weight excluding hydrogens is 330 g/mol. The van der Waals surface area contributed by atoms with Gasteiger partial charge in [-0.05, 0) is 41.8 Å². The van der Waals surface area contributed by atoms with E-state index in [1.807, 2.05) is 43.3 Å². The third kappa shape index (κ3) is 2.87. The first-order chi connectivity index (χ1) is 10.0. The Bertz CT molecular complexity index is 679. The molecule has 0 saturated heterocycles. The van der Waals surface area contributed by atoms with E-state index in [0.717, 1.165) is 21.2 Å². The number of aliphatic hydroxyl groups excluding tert-OH is 1. The number of carbonyl (C=O) groups excluding carboxylic acids is 1. The molecule has 4 heteroatoms. The molecule has 2 atom stereocenters. The lowest BCUT2D eigenvalue weighted by Gasteiger charge is -2.18. The van der Waals surface area contributed by atoms with Crippen LogP contribution in [0, 0.1) is 6.92 Å². The second kappa shape index (κ2) is 5.62. The van der Waals surface area contributed by atoms with Crippen molar-refractivity contribution >= 4 is 21.8 Å². The van der Waals surface area contributed by atoms with Gasteiger partial charge in [-0.25, -0.2) is 0 Å². The van der Waals surface area contributed by atoms with Crippen molar-refractivity contribution in [2.24, 2.45) is 0 Å². The SMILES string of the molecule is Cc1cc(Br)cc(C(=O)NC2c3ccccc3CC2O)c1. The fourth-order valence-corrected chi connectivity index (χ4v) is 3.45. The quantitative estimate of drug-likeness (QED) is 0.878. The number of rotatable bonds is 2. The smallest absolute Gasteiger partial charge is 0.251 e. The van der Waals surface area contributed by atoms with Gasteiger partial charge in [0.2, 0.25) is 0 Å². The van der Waals surface area contributed by atoms with E-state index in [1.165, 1.54) is 0 Å². The van der Waals surface area contributed by atoms with Gasteiger partial charge in [0.05, 0.1) is 12.1 Å². The summed E-state index contributed by atoms with van der Waals surface area (Å²) in [5.74, 6) is -0.167. The number of halogens is 1. The highest BCUT2D eigenvalue weighted by molar-refractivity contribution is 9.10. The maximum atomic E-state index is 12.4. The molecule has 0 aromatic heterocycles. The largest absolute Gasteiger partial charge is 0.390 e. The first-order valence-electron chi connectivity index (χ1n) is 6.88. The molecule has 3 nitrogen and oxygen atoms in total. The van der Waals surface area contributed by atoms with Crippen LogP contribution in [-0.2, 0) is 6.42 Å². The van der Waals surface area contributed by atoms with Gasteiger partial charge < -0.3 is 10.4 Å². The Kier molecular flexibility index (Phi) is 3.83. The van der Waals surface area contributed by atoms with Crippen LogP contribution in [0.5, 0.6) is 0 Å². The molecule has 0 saturated carbocycles. The average molecular weight is 346 g/mol. The van der Waals surface area contributed by atoms with Gasteiger partial charge in [-0.15, -0.1) is 0 Å². The van der Waals surface area contributed by atoms with Gasteiger partial charge in [0.1, 0.15) is 0 Å². The molecule has 0 spiro atoms. The summed E-state index contributed by atoms with van der Waals surface area (Å²) in [6, 6.07) is 13.1. The fourth-order valence-electron chi connectivity index (χ4n) is 2.84. The van der Waals surface area contributed by atoms with Gasteiger partial charge in [0.25, 0.3) is 5.91 Å². The molecule has 0 radical (unpaired) electrons. The molecule has 0 fully saturated rings. The number of fused-ring (bicyclic) bond motifs is 1. The maximum Gasteiger partial charge on any atom is 0.251 e. The van der Waals surface area contributed by atoms with Crippen LogP contribution in [0.1, 0.15) is 33.1 Å². The van der Waals surface area contributed by atoms with Crippen molar-refractivity contribution < 1.29 is 9.90 Å². The molecule has 3 rings (SSSR count). The van der Waals surface area contributed by atoms with Crippen molar-refractivity contribution in [1.82, 2.24) is 5.32 Å². The van der Waals surface area contributed by atoms with Crippen molar-refractivity contribution in [3.8, 4) is 0 Å². The number of hydrogen-bond donors (Lipinski definition) is 2. The Labute approximate surface area is 132 Å². The molecule has 1 aliphatic carbocycles. The number of nitrogens with one attached hydrogen (secondary N) is 1. The van der Waals surface area contributed by atoms with Crippen molar-refractivity contribution in [1.29, 1.82) is 0 Å². The summed E-state index contributed by atoms with van der Waals surface area (Å²) in [7, 11) is 0. The van der Waals surface area contributed by atoms with Crippen LogP contribution in [0.2, 0.25) is 0 Å². The third-order valence-electron chi connectivity index (χ3n) is 3.79. The van der Waals surface area contributed by atoms with Crippen LogP contribution < -0.4 is 5.32 Å². The van der Waals surface area contributed by atoms with Crippen molar-refractivity contribution in [2.75, 3.05) is 0 Å². The van der Waals surface area contributed by atoms with Gasteiger partial charge in [0.15, 0.2) is 0 Å². The highest BCUT2D eigenvalue weighted by atomic mass is 79.9. The van der Waals surface area contributed by atoms with Crippen LogP contribution in [0.3, 0.4) is 0 Å². The molecule has 0 aliphatic heterocycles. The summed E-state index contributed by atoms with van der Waals surface area (Å²) in [5, 5.41) is 13.1. The lowest BCUT2D eigenvalue weighted by molar-refractivity contribution is 0.0858. The molecule has 2 aromatic carbocycles. The molecule has 0 heterocycles. The maximum absolute atomic E-state index is 12.4. The van der Waals surface area contributed by atoms with Gasteiger partial charge in [-0.3, -0.25) is 4.79 Å². The van der Waals surface area contributed by atoms with E-state index in [0.29, 0.717) is 12.0 Å². The first kappa shape index (κ1) is 14.3. The van der Waals surface area contributed by atoms with Gasteiger partial charge in [-0.1, -0.05) is 40.2 Å². The van der Waals surface area contributed by atoms with Crippen LogP contribution in [0.4, 0.5) is 0 Å². The Morgan fingerprint density at radius 3 is 2.81 bits per heavy atom. The topological polar surface area (TPSA) is 49.3 Å². The molecule has 2 N–H and O–H groups in total. The molecule has 2 aromatic rings. The van der Waals surface area contributed by atoms with Crippen LogP contribution in [0.15, 0.2) is 46.9 Å². The van der Waals surface area contributed by atoms with Crippen LogP contribution >= 0.6 is 15.9 Å². The summed E-state index contributed by atoms with van der Waals surface area (Å²) in [4.78, 5) is 12.4. The van der Waals surface area contributed by atoms with Crippen LogP contribution in [0.25, 0.3) is 0 Å². The molecule has 2 unspecified atom stereocenters. The molecule has 21 heavy (non-hydrogen) atoms. The molecule has 1 aliphatic rings. The minimum Gasteiger partial charge on any atom is -0.390 e.